The molecule has 0 aromatic rings. The third-order valence-corrected chi connectivity index (χ3v) is 3.02. The molecule has 0 saturated carbocycles. The summed E-state index contributed by atoms with van der Waals surface area (Å²) in [7, 11) is 0.210. The molecule has 0 amide bonds. The number of rotatable bonds is 4. The summed E-state index contributed by atoms with van der Waals surface area (Å²) in [6.45, 7) is 0.829. The standard InChI is InChI=1S/C5H10NOP.C4H11NO3/c7-8-6-4-2-1-3-5-6;5-4(1-6,2-7)3-8/h1-5H2;6-8H,1-3,5H2. The fourth-order valence-corrected chi connectivity index (χ4v) is 1.56. The average molecular weight is 252 g/mol. The van der Waals surface area contributed by atoms with Crippen LogP contribution in [-0.2, 0) is 4.57 Å². The number of hydrogen-bond acceptors (Lipinski definition) is 5. The van der Waals surface area contributed by atoms with E-state index in [0.29, 0.717) is 0 Å². The topological polar surface area (TPSA) is 107 Å². The van der Waals surface area contributed by atoms with E-state index >= 15 is 0 Å². The zero-order valence-corrected chi connectivity index (χ0v) is 10.3. The van der Waals surface area contributed by atoms with Crippen molar-refractivity contribution in [2.75, 3.05) is 32.9 Å². The van der Waals surface area contributed by atoms with E-state index in [4.69, 9.17) is 21.1 Å². The van der Waals surface area contributed by atoms with Gasteiger partial charge in [-0.15, -0.1) is 0 Å². The first-order chi connectivity index (χ1) is 7.61. The fraction of sp³-hybridized carbons (Fsp3) is 1.00. The Morgan fingerprint density at radius 1 is 1.06 bits per heavy atom. The van der Waals surface area contributed by atoms with Gasteiger partial charge >= 0.3 is 0 Å². The molecule has 0 aromatic carbocycles. The second-order valence-corrected chi connectivity index (χ2v) is 4.66. The minimum atomic E-state index is -1.21. The smallest absolute Gasteiger partial charge is 0.248 e. The van der Waals surface area contributed by atoms with Gasteiger partial charge in [-0.3, -0.25) is 4.57 Å². The van der Waals surface area contributed by atoms with Gasteiger partial charge in [0.15, 0.2) is 0 Å². The molecule has 7 heteroatoms. The predicted molar refractivity (Wildman–Crippen MR) is 61.2 cm³/mol. The third kappa shape index (κ3) is 6.48. The number of piperidine rings is 1. The Labute approximate surface area is 97.3 Å². The molecule has 0 spiro atoms. The zero-order chi connectivity index (χ0) is 12.4. The molecule has 0 unspecified atom stereocenters. The Balaban J connectivity index is 0.000000281. The molecule has 1 aliphatic rings. The van der Waals surface area contributed by atoms with Gasteiger partial charge in [0.25, 0.3) is 0 Å². The predicted octanol–water partition coefficient (Wildman–Crippen LogP) is -0.660. The van der Waals surface area contributed by atoms with Crippen LogP contribution in [0.5, 0.6) is 0 Å². The van der Waals surface area contributed by atoms with Crippen molar-refractivity contribution in [3.8, 4) is 0 Å². The maximum Gasteiger partial charge on any atom is 0.248 e. The Morgan fingerprint density at radius 2 is 1.50 bits per heavy atom. The molecule has 1 heterocycles. The monoisotopic (exact) mass is 252 g/mol. The van der Waals surface area contributed by atoms with Crippen molar-refractivity contribution in [1.82, 2.24) is 4.67 Å². The van der Waals surface area contributed by atoms with Gasteiger partial charge < -0.3 is 21.1 Å². The zero-order valence-electron chi connectivity index (χ0n) is 9.38. The van der Waals surface area contributed by atoms with Crippen molar-refractivity contribution in [1.29, 1.82) is 0 Å². The summed E-state index contributed by atoms with van der Waals surface area (Å²) in [6.07, 6.45) is 3.75. The number of nitrogens with two attached hydrogens (primary N) is 1. The van der Waals surface area contributed by atoms with Gasteiger partial charge in [0.05, 0.1) is 25.4 Å². The molecule has 16 heavy (non-hydrogen) atoms. The summed E-state index contributed by atoms with van der Waals surface area (Å²) >= 11 is 0. The Hall–Kier alpha value is -0.100. The molecular formula is C9H21N2O4P. The largest absolute Gasteiger partial charge is 0.394 e. The lowest BCUT2D eigenvalue weighted by atomic mass is 10.1. The van der Waals surface area contributed by atoms with Gasteiger partial charge in [-0.05, 0) is 12.8 Å². The first kappa shape index (κ1) is 15.9. The van der Waals surface area contributed by atoms with E-state index in [9.17, 15) is 4.57 Å². The quantitative estimate of drug-likeness (QED) is 0.495. The Morgan fingerprint density at radius 3 is 1.69 bits per heavy atom. The highest BCUT2D eigenvalue weighted by molar-refractivity contribution is 7.20. The van der Waals surface area contributed by atoms with Crippen LogP contribution in [0.25, 0.3) is 0 Å². The average Bonchev–Trinajstić information content (AvgIpc) is 2.39. The lowest BCUT2D eigenvalue weighted by Gasteiger charge is -2.20. The molecule has 96 valence electrons. The van der Waals surface area contributed by atoms with Crippen LogP contribution in [0.3, 0.4) is 0 Å². The van der Waals surface area contributed by atoms with Gasteiger partial charge in [-0.2, -0.15) is 0 Å². The van der Waals surface area contributed by atoms with Crippen LogP contribution >= 0.6 is 8.61 Å². The van der Waals surface area contributed by atoms with Crippen LogP contribution in [0.15, 0.2) is 0 Å². The van der Waals surface area contributed by atoms with Crippen molar-refractivity contribution >= 4 is 8.61 Å². The van der Waals surface area contributed by atoms with Crippen molar-refractivity contribution < 1.29 is 19.9 Å². The summed E-state index contributed by atoms with van der Waals surface area (Å²) in [6, 6.07) is 0. The first-order valence-corrected chi connectivity index (χ1v) is 6.08. The second-order valence-electron chi connectivity index (χ2n) is 3.93. The molecule has 6 nitrogen and oxygen atoms in total. The minimum absolute atomic E-state index is 0.210. The molecule has 5 N–H and O–H groups in total. The van der Waals surface area contributed by atoms with E-state index < -0.39 is 25.4 Å². The van der Waals surface area contributed by atoms with Crippen LogP contribution in [0.4, 0.5) is 0 Å². The minimum Gasteiger partial charge on any atom is -0.394 e. The molecule has 0 aromatic heterocycles. The van der Waals surface area contributed by atoms with Crippen molar-refractivity contribution in [3.05, 3.63) is 0 Å². The molecular weight excluding hydrogens is 231 g/mol. The maximum atomic E-state index is 10.2. The SMILES string of the molecule is NC(CO)(CO)CO.O=PN1CCCCC1. The van der Waals surface area contributed by atoms with Crippen molar-refractivity contribution in [2.45, 2.75) is 24.8 Å². The van der Waals surface area contributed by atoms with Gasteiger partial charge in [0, 0.05) is 13.1 Å². The second kappa shape index (κ2) is 8.98. The summed E-state index contributed by atoms with van der Waals surface area (Å²) in [5.41, 5.74) is 3.94. The van der Waals surface area contributed by atoms with Crippen molar-refractivity contribution in [2.24, 2.45) is 5.73 Å². The Kier molecular flexibility index (Phi) is 8.93. The van der Waals surface area contributed by atoms with Crippen LogP contribution in [0, 0.1) is 0 Å². The summed E-state index contributed by atoms with van der Waals surface area (Å²) in [5.74, 6) is 0. The van der Waals surface area contributed by atoms with E-state index in [1.807, 2.05) is 4.67 Å². The molecule has 1 fully saturated rings. The van der Waals surface area contributed by atoms with Crippen molar-refractivity contribution in [3.63, 3.8) is 0 Å². The highest BCUT2D eigenvalue weighted by Gasteiger charge is 2.20. The van der Waals surface area contributed by atoms with E-state index in [2.05, 4.69) is 0 Å². The highest BCUT2D eigenvalue weighted by Crippen LogP contribution is 2.14. The summed E-state index contributed by atoms with van der Waals surface area (Å²) in [5, 5.41) is 25.0. The number of aliphatic hydroxyl groups excluding tert-OH is 3. The summed E-state index contributed by atoms with van der Waals surface area (Å²) < 4.78 is 12.1. The van der Waals surface area contributed by atoms with Crippen LogP contribution in [0.1, 0.15) is 19.3 Å². The molecule has 0 bridgehead atoms. The number of nitrogens with zero attached hydrogens (tertiary/aromatic N) is 1. The lowest BCUT2D eigenvalue weighted by Crippen LogP contribution is -2.50. The number of aliphatic hydroxyl groups is 3. The molecule has 1 saturated heterocycles. The summed E-state index contributed by atoms with van der Waals surface area (Å²) in [4.78, 5) is 0. The van der Waals surface area contributed by atoms with Crippen LogP contribution in [0.2, 0.25) is 0 Å². The molecule has 0 aliphatic carbocycles. The maximum absolute atomic E-state index is 10.2. The molecule has 0 radical (unpaired) electrons. The van der Waals surface area contributed by atoms with E-state index in [0.717, 1.165) is 13.1 Å². The normalized spacial score (nSPS) is 18.0. The van der Waals surface area contributed by atoms with Gasteiger partial charge in [0.1, 0.15) is 0 Å². The van der Waals surface area contributed by atoms with E-state index in [1.54, 1.807) is 0 Å². The molecule has 0 atom stereocenters. The fourth-order valence-electron chi connectivity index (χ4n) is 1.11. The molecule has 1 rings (SSSR count). The van der Waals surface area contributed by atoms with Gasteiger partial charge in [-0.1, -0.05) is 6.42 Å². The van der Waals surface area contributed by atoms with Crippen LogP contribution < -0.4 is 5.73 Å². The van der Waals surface area contributed by atoms with E-state index in [1.165, 1.54) is 19.3 Å². The van der Waals surface area contributed by atoms with Crippen LogP contribution in [-0.4, -0.2) is 58.4 Å². The number of hydrogen-bond donors (Lipinski definition) is 4. The van der Waals surface area contributed by atoms with Gasteiger partial charge in [-0.25, -0.2) is 4.67 Å². The third-order valence-electron chi connectivity index (χ3n) is 2.39. The highest BCUT2D eigenvalue weighted by atomic mass is 31.1. The Bertz CT molecular complexity index is 176. The first-order valence-electron chi connectivity index (χ1n) is 5.31. The van der Waals surface area contributed by atoms with Gasteiger partial charge in [0.2, 0.25) is 8.61 Å². The van der Waals surface area contributed by atoms with E-state index in [-0.39, 0.29) is 8.61 Å². The molecule has 1 aliphatic heterocycles. The lowest BCUT2D eigenvalue weighted by molar-refractivity contribution is 0.0698.